The molecule has 9 heteroatoms. The van der Waals surface area contributed by atoms with E-state index < -0.39 is 0 Å². The van der Waals surface area contributed by atoms with E-state index in [0.29, 0.717) is 5.82 Å². The molecule has 0 aromatic carbocycles. The van der Waals surface area contributed by atoms with Crippen LogP contribution in [0.5, 0.6) is 0 Å². The van der Waals surface area contributed by atoms with Crippen molar-refractivity contribution in [3.8, 4) is 10.7 Å². The van der Waals surface area contributed by atoms with Crippen molar-refractivity contribution in [3.05, 3.63) is 41.3 Å². The average Bonchev–Trinajstić information content (AvgIpc) is 3.34. The van der Waals surface area contributed by atoms with E-state index in [1.807, 2.05) is 28.5 Å². The van der Waals surface area contributed by atoms with Crippen LogP contribution in [0.2, 0.25) is 0 Å². The van der Waals surface area contributed by atoms with Crippen LogP contribution in [0.15, 0.2) is 29.8 Å². The Morgan fingerprint density at radius 2 is 2.32 bits per heavy atom. The molecule has 3 aromatic heterocycles. The van der Waals surface area contributed by atoms with Crippen LogP contribution in [0.25, 0.3) is 10.7 Å². The second-order valence-electron chi connectivity index (χ2n) is 5.90. The minimum Gasteiger partial charge on any atom is -0.332 e. The Morgan fingerprint density at radius 3 is 3.12 bits per heavy atom. The number of hydrogen-bond donors (Lipinski definition) is 1. The molecule has 1 unspecified atom stereocenters. The van der Waals surface area contributed by atoms with Crippen molar-refractivity contribution in [3.63, 3.8) is 0 Å². The highest BCUT2D eigenvalue weighted by atomic mass is 32.1. The normalized spacial score (nSPS) is 17.6. The standard InChI is InChI=1S/C16H17N7OS/c24-14(23-8-4-2-6-13(23)15-19-21-22-20-15)9-11-10-25-16(18-11)12-5-1-3-7-17-12/h1,3,5,7,10,13H,2,4,6,8-9H2,(H,19,20,21,22). The maximum Gasteiger partial charge on any atom is 0.229 e. The molecule has 8 nitrogen and oxygen atoms in total. The van der Waals surface area contributed by atoms with Gasteiger partial charge in [0, 0.05) is 18.1 Å². The topological polar surface area (TPSA) is 101 Å². The monoisotopic (exact) mass is 355 g/mol. The Hall–Kier alpha value is -2.68. The number of rotatable bonds is 4. The summed E-state index contributed by atoms with van der Waals surface area (Å²) in [5, 5.41) is 17.0. The fourth-order valence-electron chi connectivity index (χ4n) is 3.06. The lowest BCUT2D eigenvalue weighted by Crippen LogP contribution is -2.40. The Labute approximate surface area is 148 Å². The largest absolute Gasteiger partial charge is 0.332 e. The van der Waals surface area contributed by atoms with Gasteiger partial charge >= 0.3 is 0 Å². The van der Waals surface area contributed by atoms with Gasteiger partial charge in [0.25, 0.3) is 0 Å². The van der Waals surface area contributed by atoms with E-state index in [1.165, 1.54) is 11.3 Å². The SMILES string of the molecule is O=C(Cc1csc(-c2ccccn2)n1)N1CCCCC1c1nn[nH]n1. The van der Waals surface area contributed by atoms with Gasteiger partial charge in [-0.1, -0.05) is 11.3 Å². The van der Waals surface area contributed by atoms with Crippen molar-refractivity contribution in [2.24, 2.45) is 0 Å². The molecule has 0 radical (unpaired) electrons. The molecule has 4 rings (SSSR count). The van der Waals surface area contributed by atoms with Crippen molar-refractivity contribution >= 4 is 17.2 Å². The number of hydrogen-bond acceptors (Lipinski definition) is 7. The van der Waals surface area contributed by atoms with E-state index in [0.717, 1.165) is 42.2 Å². The molecular formula is C16H17N7OS. The molecule has 1 amide bonds. The molecule has 1 aliphatic rings. The smallest absolute Gasteiger partial charge is 0.229 e. The number of pyridine rings is 1. The number of H-pyrrole nitrogens is 1. The van der Waals surface area contributed by atoms with Gasteiger partial charge in [0.05, 0.1) is 23.9 Å². The molecule has 1 aliphatic heterocycles. The highest BCUT2D eigenvalue weighted by molar-refractivity contribution is 7.13. The first-order valence-electron chi connectivity index (χ1n) is 8.20. The van der Waals surface area contributed by atoms with Gasteiger partial charge in [0.1, 0.15) is 5.01 Å². The molecule has 128 valence electrons. The summed E-state index contributed by atoms with van der Waals surface area (Å²) in [6.45, 7) is 0.718. The number of likely N-dealkylation sites (tertiary alicyclic amines) is 1. The number of piperidine rings is 1. The molecule has 0 saturated carbocycles. The van der Waals surface area contributed by atoms with Gasteiger partial charge in [-0.3, -0.25) is 9.78 Å². The number of aromatic amines is 1. The summed E-state index contributed by atoms with van der Waals surface area (Å²) in [5.41, 5.74) is 1.60. The van der Waals surface area contributed by atoms with E-state index in [9.17, 15) is 4.79 Å². The number of thiazole rings is 1. The van der Waals surface area contributed by atoms with Crippen molar-refractivity contribution in [1.29, 1.82) is 0 Å². The fourth-order valence-corrected chi connectivity index (χ4v) is 3.86. The summed E-state index contributed by atoms with van der Waals surface area (Å²) in [6, 6.07) is 5.61. The third kappa shape index (κ3) is 3.41. The second kappa shape index (κ2) is 7.06. The molecule has 0 bridgehead atoms. The Bertz CT molecular complexity index is 833. The van der Waals surface area contributed by atoms with Crippen LogP contribution in [0.4, 0.5) is 0 Å². The van der Waals surface area contributed by atoms with Crippen LogP contribution in [0, 0.1) is 0 Å². The molecule has 1 fully saturated rings. The Kier molecular flexibility index (Phi) is 4.47. The van der Waals surface area contributed by atoms with Gasteiger partial charge < -0.3 is 4.90 Å². The van der Waals surface area contributed by atoms with Crippen LogP contribution >= 0.6 is 11.3 Å². The van der Waals surface area contributed by atoms with E-state index >= 15 is 0 Å². The summed E-state index contributed by atoms with van der Waals surface area (Å²) in [6.07, 6.45) is 4.93. The second-order valence-corrected chi connectivity index (χ2v) is 6.76. The third-order valence-corrected chi connectivity index (χ3v) is 5.16. The fraction of sp³-hybridized carbons (Fsp3) is 0.375. The first-order chi connectivity index (χ1) is 12.3. The van der Waals surface area contributed by atoms with E-state index in [-0.39, 0.29) is 18.4 Å². The molecule has 1 saturated heterocycles. The maximum absolute atomic E-state index is 12.8. The van der Waals surface area contributed by atoms with Gasteiger partial charge in [0.15, 0.2) is 5.82 Å². The summed E-state index contributed by atoms with van der Waals surface area (Å²) in [5.74, 6) is 0.632. The minimum absolute atomic E-state index is 0.0485. The van der Waals surface area contributed by atoms with Crippen molar-refractivity contribution in [1.82, 2.24) is 35.5 Å². The molecule has 0 aliphatic carbocycles. The van der Waals surface area contributed by atoms with Crippen molar-refractivity contribution in [2.75, 3.05) is 6.54 Å². The van der Waals surface area contributed by atoms with Crippen LogP contribution in [0.3, 0.4) is 0 Å². The number of carbonyl (C=O) groups excluding carboxylic acids is 1. The number of carbonyl (C=O) groups is 1. The quantitative estimate of drug-likeness (QED) is 0.768. The summed E-state index contributed by atoms with van der Waals surface area (Å²) < 4.78 is 0. The zero-order valence-electron chi connectivity index (χ0n) is 13.5. The average molecular weight is 355 g/mol. The van der Waals surface area contributed by atoms with Gasteiger partial charge in [-0.2, -0.15) is 5.21 Å². The first kappa shape index (κ1) is 15.8. The first-order valence-corrected chi connectivity index (χ1v) is 9.08. The predicted octanol–water partition coefficient (Wildman–Crippen LogP) is 2.01. The number of nitrogens with zero attached hydrogens (tertiary/aromatic N) is 6. The van der Waals surface area contributed by atoms with Crippen molar-refractivity contribution in [2.45, 2.75) is 31.7 Å². The highest BCUT2D eigenvalue weighted by Crippen LogP contribution is 2.29. The lowest BCUT2D eigenvalue weighted by Gasteiger charge is -2.33. The van der Waals surface area contributed by atoms with E-state index in [2.05, 4.69) is 30.6 Å². The minimum atomic E-state index is -0.103. The number of aromatic nitrogens is 6. The van der Waals surface area contributed by atoms with Crippen molar-refractivity contribution < 1.29 is 4.79 Å². The van der Waals surface area contributed by atoms with Crippen LogP contribution < -0.4 is 0 Å². The van der Waals surface area contributed by atoms with Crippen LogP contribution in [-0.2, 0) is 11.2 Å². The molecule has 0 spiro atoms. The summed E-state index contributed by atoms with van der Waals surface area (Å²) >= 11 is 1.51. The van der Waals surface area contributed by atoms with Gasteiger partial charge in [-0.05, 0) is 31.4 Å². The van der Waals surface area contributed by atoms with E-state index in [4.69, 9.17) is 0 Å². The zero-order chi connectivity index (χ0) is 17.1. The zero-order valence-corrected chi connectivity index (χ0v) is 14.3. The summed E-state index contributed by atoms with van der Waals surface area (Å²) in [7, 11) is 0. The lowest BCUT2D eigenvalue weighted by atomic mass is 10.0. The lowest BCUT2D eigenvalue weighted by molar-refractivity contribution is -0.134. The molecule has 1 N–H and O–H groups in total. The number of nitrogens with one attached hydrogen (secondary N) is 1. The molecule has 3 aromatic rings. The van der Waals surface area contributed by atoms with Crippen LogP contribution in [0.1, 0.15) is 36.8 Å². The molecule has 1 atom stereocenters. The van der Waals surface area contributed by atoms with Gasteiger partial charge in [0.2, 0.25) is 5.91 Å². The highest BCUT2D eigenvalue weighted by Gasteiger charge is 2.31. The Balaban J connectivity index is 1.48. The maximum atomic E-state index is 12.8. The summed E-state index contributed by atoms with van der Waals surface area (Å²) in [4.78, 5) is 23.5. The van der Waals surface area contributed by atoms with Crippen LogP contribution in [-0.4, -0.2) is 47.9 Å². The third-order valence-electron chi connectivity index (χ3n) is 4.25. The van der Waals surface area contributed by atoms with Gasteiger partial charge in [-0.15, -0.1) is 21.5 Å². The molecular weight excluding hydrogens is 338 g/mol. The predicted molar refractivity (Wildman–Crippen MR) is 91.5 cm³/mol. The van der Waals surface area contributed by atoms with Gasteiger partial charge in [-0.25, -0.2) is 4.98 Å². The van der Waals surface area contributed by atoms with E-state index in [1.54, 1.807) is 6.20 Å². The number of tetrazole rings is 1. The molecule has 4 heterocycles. The number of amides is 1. The molecule has 25 heavy (non-hydrogen) atoms. The Morgan fingerprint density at radius 1 is 1.36 bits per heavy atom.